The van der Waals surface area contributed by atoms with Crippen molar-refractivity contribution in [1.82, 2.24) is 15.1 Å². The minimum Gasteiger partial charge on any atom is -0.354 e. The summed E-state index contributed by atoms with van der Waals surface area (Å²) in [6.45, 7) is 3.24. The molecule has 0 unspecified atom stereocenters. The Hall–Kier alpha value is -2.21. The van der Waals surface area contributed by atoms with Gasteiger partial charge in [-0.05, 0) is 31.5 Å². The number of hydrogen-bond acceptors (Lipinski definition) is 4. The first-order chi connectivity index (χ1) is 10.7. The summed E-state index contributed by atoms with van der Waals surface area (Å²) >= 11 is 0. The molecule has 2 heterocycles. The number of hydrogen-bond donors (Lipinski definition) is 1. The SMILES string of the molecule is O=C1CN(CCCCN2C(=O)c3ccccc3C2=O)CCN1. The molecule has 1 saturated heterocycles. The van der Waals surface area contributed by atoms with Crippen LogP contribution in [0.15, 0.2) is 24.3 Å². The molecular formula is C16H19N3O3. The Labute approximate surface area is 129 Å². The highest BCUT2D eigenvalue weighted by Crippen LogP contribution is 2.22. The predicted molar refractivity (Wildman–Crippen MR) is 80.5 cm³/mol. The molecule has 2 aliphatic heterocycles. The molecule has 3 amide bonds. The molecule has 1 aromatic rings. The highest BCUT2D eigenvalue weighted by molar-refractivity contribution is 6.21. The van der Waals surface area contributed by atoms with Gasteiger partial charge in [0.15, 0.2) is 0 Å². The van der Waals surface area contributed by atoms with Crippen molar-refractivity contribution in [3.63, 3.8) is 0 Å². The summed E-state index contributed by atoms with van der Waals surface area (Å²) in [5.41, 5.74) is 1.00. The van der Waals surface area contributed by atoms with Crippen molar-refractivity contribution < 1.29 is 14.4 Å². The molecule has 1 fully saturated rings. The van der Waals surface area contributed by atoms with Gasteiger partial charge in [0, 0.05) is 19.6 Å². The van der Waals surface area contributed by atoms with Crippen molar-refractivity contribution >= 4 is 17.7 Å². The van der Waals surface area contributed by atoms with Gasteiger partial charge in [-0.1, -0.05) is 12.1 Å². The monoisotopic (exact) mass is 301 g/mol. The van der Waals surface area contributed by atoms with E-state index in [0.29, 0.717) is 30.8 Å². The fourth-order valence-electron chi connectivity index (χ4n) is 2.93. The summed E-state index contributed by atoms with van der Waals surface area (Å²) in [6, 6.07) is 6.94. The molecule has 0 radical (unpaired) electrons. The van der Waals surface area contributed by atoms with Gasteiger partial charge in [0.05, 0.1) is 17.7 Å². The van der Waals surface area contributed by atoms with Crippen LogP contribution in [0.5, 0.6) is 0 Å². The number of amides is 3. The van der Waals surface area contributed by atoms with Crippen LogP contribution in [0.3, 0.4) is 0 Å². The van der Waals surface area contributed by atoms with Gasteiger partial charge >= 0.3 is 0 Å². The van der Waals surface area contributed by atoms with Gasteiger partial charge in [-0.2, -0.15) is 0 Å². The Morgan fingerprint density at radius 1 is 0.955 bits per heavy atom. The van der Waals surface area contributed by atoms with Gasteiger partial charge < -0.3 is 5.32 Å². The predicted octanol–water partition coefficient (Wildman–Crippen LogP) is 0.495. The van der Waals surface area contributed by atoms with Crippen LogP contribution in [0.4, 0.5) is 0 Å². The number of piperazine rings is 1. The molecule has 0 saturated carbocycles. The summed E-state index contributed by atoms with van der Waals surface area (Å²) < 4.78 is 0. The van der Waals surface area contributed by atoms with Crippen LogP contribution in [0.2, 0.25) is 0 Å². The van der Waals surface area contributed by atoms with Crippen molar-refractivity contribution in [2.24, 2.45) is 0 Å². The Kier molecular flexibility index (Phi) is 4.20. The number of rotatable bonds is 5. The third kappa shape index (κ3) is 2.87. The van der Waals surface area contributed by atoms with Crippen LogP contribution in [0.1, 0.15) is 33.6 Å². The number of benzene rings is 1. The van der Waals surface area contributed by atoms with Crippen molar-refractivity contribution in [1.29, 1.82) is 0 Å². The number of fused-ring (bicyclic) bond motifs is 1. The van der Waals surface area contributed by atoms with E-state index < -0.39 is 0 Å². The van der Waals surface area contributed by atoms with Crippen LogP contribution in [-0.2, 0) is 4.79 Å². The van der Waals surface area contributed by atoms with Crippen molar-refractivity contribution in [2.75, 3.05) is 32.7 Å². The summed E-state index contributed by atoms with van der Waals surface area (Å²) in [6.07, 6.45) is 1.62. The molecular weight excluding hydrogens is 282 g/mol. The summed E-state index contributed by atoms with van der Waals surface area (Å²) in [5, 5.41) is 2.79. The first-order valence-electron chi connectivity index (χ1n) is 7.61. The lowest BCUT2D eigenvalue weighted by molar-refractivity contribution is -0.124. The summed E-state index contributed by atoms with van der Waals surface area (Å²) in [4.78, 5) is 39.1. The standard InChI is InChI=1S/C16H19N3O3/c20-14-11-18(10-7-17-14)8-3-4-9-19-15(21)12-5-1-2-6-13(12)16(19)22/h1-2,5-6H,3-4,7-11H2,(H,17,20). The second kappa shape index (κ2) is 6.27. The van der Waals surface area contributed by atoms with E-state index in [1.807, 2.05) is 0 Å². The maximum absolute atomic E-state index is 12.2. The van der Waals surface area contributed by atoms with Gasteiger partial charge in [-0.3, -0.25) is 24.2 Å². The fraction of sp³-hybridized carbons (Fsp3) is 0.438. The third-order valence-electron chi connectivity index (χ3n) is 4.10. The Bertz CT molecular complexity index is 579. The molecule has 2 aliphatic rings. The van der Waals surface area contributed by atoms with Crippen LogP contribution in [-0.4, -0.2) is 60.2 Å². The number of nitrogens with one attached hydrogen (secondary N) is 1. The minimum absolute atomic E-state index is 0.0617. The van der Waals surface area contributed by atoms with Gasteiger partial charge in [0.2, 0.25) is 5.91 Å². The molecule has 0 aliphatic carbocycles. The van der Waals surface area contributed by atoms with Crippen molar-refractivity contribution in [2.45, 2.75) is 12.8 Å². The molecule has 6 heteroatoms. The molecule has 22 heavy (non-hydrogen) atoms. The zero-order valence-electron chi connectivity index (χ0n) is 12.4. The molecule has 0 atom stereocenters. The summed E-state index contributed by atoms with van der Waals surface area (Å²) in [5.74, 6) is -0.331. The number of unbranched alkanes of at least 4 members (excludes halogenated alkanes) is 1. The van der Waals surface area contributed by atoms with E-state index >= 15 is 0 Å². The molecule has 0 spiro atoms. The first-order valence-corrected chi connectivity index (χ1v) is 7.61. The molecule has 116 valence electrons. The molecule has 0 aromatic heterocycles. The highest BCUT2D eigenvalue weighted by atomic mass is 16.2. The summed E-state index contributed by atoms with van der Waals surface area (Å²) in [7, 11) is 0. The Morgan fingerprint density at radius 2 is 1.59 bits per heavy atom. The molecule has 1 N–H and O–H groups in total. The highest BCUT2D eigenvalue weighted by Gasteiger charge is 2.34. The smallest absolute Gasteiger partial charge is 0.261 e. The van der Waals surface area contributed by atoms with E-state index in [9.17, 15) is 14.4 Å². The van der Waals surface area contributed by atoms with Gasteiger partial charge in [-0.25, -0.2) is 0 Å². The van der Waals surface area contributed by atoms with E-state index in [0.717, 1.165) is 25.9 Å². The van der Waals surface area contributed by atoms with Crippen LogP contribution < -0.4 is 5.32 Å². The van der Waals surface area contributed by atoms with E-state index in [1.165, 1.54) is 4.90 Å². The van der Waals surface area contributed by atoms with Crippen molar-refractivity contribution in [3.05, 3.63) is 35.4 Å². The largest absolute Gasteiger partial charge is 0.354 e. The molecule has 3 rings (SSSR count). The van der Waals surface area contributed by atoms with Crippen LogP contribution in [0.25, 0.3) is 0 Å². The molecule has 1 aromatic carbocycles. The van der Waals surface area contributed by atoms with E-state index in [-0.39, 0.29) is 17.7 Å². The second-order valence-corrected chi connectivity index (χ2v) is 5.64. The van der Waals surface area contributed by atoms with Gasteiger partial charge in [0.25, 0.3) is 11.8 Å². The number of nitrogens with zero attached hydrogens (tertiary/aromatic N) is 2. The zero-order valence-corrected chi connectivity index (χ0v) is 12.4. The van der Waals surface area contributed by atoms with E-state index in [4.69, 9.17) is 0 Å². The maximum Gasteiger partial charge on any atom is 0.261 e. The minimum atomic E-state index is -0.196. The lowest BCUT2D eigenvalue weighted by Gasteiger charge is -2.26. The first kappa shape index (κ1) is 14.7. The van der Waals surface area contributed by atoms with Gasteiger partial charge in [-0.15, -0.1) is 0 Å². The van der Waals surface area contributed by atoms with Gasteiger partial charge in [0.1, 0.15) is 0 Å². The zero-order chi connectivity index (χ0) is 15.5. The van der Waals surface area contributed by atoms with Crippen molar-refractivity contribution in [3.8, 4) is 0 Å². The number of carbonyl (C=O) groups is 3. The molecule has 6 nitrogen and oxygen atoms in total. The normalized spacial score (nSPS) is 18.5. The number of carbonyl (C=O) groups excluding carboxylic acids is 3. The maximum atomic E-state index is 12.2. The average molecular weight is 301 g/mol. The second-order valence-electron chi connectivity index (χ2n) is 5.64. The quantitative estimate of drug-likeness (QED) is 0.635. The fourth-order valence-corrected chi connectivity index (χ4v) is 2.93. The topological polar surface area (TPSA) is 69.7 Å². The Morgan fingerprint density at radius 3 is 2.23 bits per heavy atom. The number of imide groups is 1. The van der Waals surface area contributed by atoms with Crippen LogP contribution in [0, 0.1) is 0 Å². The third-order valence-corrected chi connectivity index (χ3v) is 4.10. The van der Waals surface area contributed by atoms with E-state index in [1.54, 1.807) is 24.3 Å². The lowest BCUT2D eigenvalue weighted by atomic mass is 10.1. The lowest BCUT2D eigenvalue weighted by Crippen LogP contribution is -2.47. The average Bonchev–Trinajstić information content (AvgIpc) is 2.77. The molecule has 0 bridgehead atoms. The van der Waals surface area contributed by atoms with E-state index in [2.05, 4.69) is 10.2 Å². The van der Waals surface area contributed by atoms with Crippen LogP contribution >= 0.6 is 0 Å². The Balaban J connectivity index is 1.48.